The Hall–Kier alpha value is -0.780. The highest BCUT2D eigenvalue weighted by Gasteiger charge is 2.60. The van der Waals surface area contributed by atoms with Crippen molar-refractivity contribution < 1.29 is 0 Å². The second-order valence-corrected chi connectivity index (χ2v) is 5.63. The lowest BCUT2D eigenvalue weighted by Gasteiger charge is -2.27. The van der Waals surface area contributed by atoms with Crippen LogP contribution in [-0.2, 0) is 11.8 Å². The third-order valence-corrected chi connectivity index (χ3v) is 5.06. The fourth-order valence-corrected chi connectivity index (χ4v) is 3.90. The molecule has 3 rings (SSSR count). The van der Waals surface area contributed by atoms with Gasteiger partial charge >= 0.3 is 0 Å². The molecule has 2 atom stereocenters. The topological polar surface area (TPSA) is 0 Å². The Morgan fingerprint density at radius 2 is 1.93 bits per heavy atom. The van der Waals surface area contributed by atoms with E-state index in [2.05, 4.69) is 39.0 Å². The molecule has 0 heteroatoms. The highest BCUT2D eigenvalue weighted by Crippen LogP contribution is 2.64. The number of benzene rings is 1. The van der Waals surface area contributed by atoms with Crippen LogP contribution in [0.25, 0.3) is 0 Å². The van der Waals surface area contributed by atoms with E-state index in [1.807, 2.05) is 0 Å². The summed E-state index contributed by atoms with van der Waals surface area (Å²) in [5.74, 6) is 1.80. The maximum absolute atomic E-state index is 2.43. The van der Waals surface area contributed by atoms with Crippen molar-refractivity contribution in [1.29, 1.82) is 0 Å². The summed E-state index contributed by atoms with van der Waals surface area (Å²) in [5.41, 5.74) is 5.31. The Morgan fingerprint density at radius 1 is 1.20 bits per heavy atom. The first-order valence-corrected chi connectivity index (χ1v) is 6.26. The van der Waals surface area contributed by atoms with Crippen LogP contribution >= 0.6 is 0 Å². The molecule has 2 unspecified atom stereocenters. The van der Waals surface area contributed by atoms with Gasteiger partial charge in [-0.2, -0.15) is 0 Å². The van der Waals surface area contributed by atoms with Gasteiger partial charge in [0.2, 0.25) is 0 Å². The molecule has 15 heavy (non-hydrogen) atoms. The zero-order valence-electron chi connectivity index (χ0n) is 10.0. The summed E-state index contributed by atoms with van der Waals surface area (Å²) in [7, 11) is 0. The van der Waals surface area contributed by atoms with Gasteiger partial charge in [0.1, 0.15) is 0 Å². The first kappa shape index (κ1) is 9.45. The fraction of sp³-hybridized carbons (Fsp3) is 0.600. The van der Waals surface area contributed by atoms with Crippen molar-refractivity contribution in [2.45, 2.75) is 45.4 Å². The van der Waals surface area contributed by atoms with E-state index in [-0.39, 0.29) is 0 Å². The normalized spacial score (nSPS) is 37.8. The summed E-state index contributed by atoms with van der Waals surface area (Å²) in [5, 5.41) is 0. The molecule has 2 aliphatic rings. The SMILES string of the molecule is Cc1ccc2c(c1)CCCC21C(C)C1C. The van der Waals surface area contributed by atoms with Crippen molar-refractivity contribution in [2.24, 2.45) is 11.8 Å². The lowest BCUT2D eigenvalue weighted by molar-refractivity contribution is 0.491. The van der Waals surface area contributed by atoms with Gasteiger partial charge in [-0.15, -0.1) is 0 Å². The smallest absolute Gasteiger partial charge is 0.00127 e. The molecular weight excluding hydrogens is 180 g/mol. The molecule has 1 fully saturated rings. The molecule has 0 bridgehead atoms. The van der Waals surface area contributed by atoms with Gasteiger partial charge in [0, 0.05) is 5.41 Å². The van der Waals surface area contributed by atoms with Gasteiger partial charge in [0.25, 0.3) is 0 Å². The minimum atomic E-state index is 0.571. The monoisotopic (exact) mass is 200 g/mol. The molecule has 1 saturated carbocycles. The van der Waals surface area contributed by atoms with Gasteiger partial charge in [0.15, 0.2) is 0 Å². The Morgan fingerprint density at radius 3 is 2.60 bits per heavy atom. The predicted molar refractivity (Wildman–Crippen MR) is 64.1 cm³/mol. The zero-order chi connectivity index (χ0) is 10.6. The maximum atomic E-state index is 2.43. The standard InChI is InChI=1S/C15H20/c1-10-6-7-14-13(9-10)5-4-8-15(14)11(2)12(15)3/h6-7,9,11-12H,4-5,8H2,1-3H3. The van der Waals surface area contributed by atoms with Crippen molar-refractivity contribution in [3.63, 3.8) is 0 Å². The zero-order valence-corrected chi connectivity index (χ0v) is 10.0. The summed E-state index contributed by atoms with van der Waals surface area (Å²) in [6.45, 7) is 7.07. The van der Waals surface area contributed by atoms with Crippen LogP contribution in [0.3, 0.4) is 0 Å². The van der Waals surface area contributed by atoms with E-state index in [1.54, 1.807) is 11.1 Å². The van der Waals surface area contributed by atoms with Gasteiger partial charge in [0.05, 0.1) is 0 Å². The molecule has 80 valence electrons. The molecule has 0 N–H and O–H groups in total. The third-order valence-electron chi connectivity index (χ3n) is 5.06. The Bertz CT molecular complexity index is 394. The molecule has 0 radical (unpaired) electrons. The van der Waals surface area contributed by atoms with E-state index in [1.165, 1.54) is 24.8 Å². The van der Waals surface area contributed by atoms with Gasteiger partial charge < -0.3 is 0 Å². The van der Waals surface area contributed by atoms with Gasteiger partial charge in [-0.05, 0) is 49.1 Å². The summed E-state index contributed by atoms with van der Waals surface area (Å²) in [4.78, 5) is 0. The molecule has 2 aliphatic carbocycles. The summed E-state index contributed by atoms with van der Waals surface area (Å²) < 4.78 is 0. The van der Waals surface area contributed by atoms with Crippen LogP contribution in [0.15, 0.2) is 18.2 Å². The van der Waals surface area contributed by atoms with E-state index < -0.39 is 0 Å². The Kier molecular flexibility index (Phi) is 1.81. The number of aryl methyl sites for hydroxylation is 2. The van der Waals surface area contributed by atoms with Crippen molar-refractivity contribution in [1.82, 2.24) is 0 Å². The van der Waals surface area contributed by atoms with Gasteiger partial charge in [-0.1, -0.05) is 37.6 Å². The van der Waals surface area contributed by atoms with Crippen LogP contribution in [0.4, 0.5) is 0 Å². The van der Waals surface area contributed by atoms with Gasteiger partial charge in [-0.25, -0.2) is 0 Å². The third kappa shape index (κ3) is 1.08. The Labute approximate surface area is 92.7 Å². The number of rotatable bonds is 0. The van der Waals surface area contributed by atoms with E-state index in [9.17, 15) is 0 Å². The molecule has 0 heterocycles. The summed E-state index contributed by atoms with van der Waals surface area (Å²) in [6.07, 6.45) is 4.12. The van der Waals surface area contributed by atoms with E-state index in [0.717, 1.165) is 11.8 Å². The Balaban J connectivity index is 2.13. The average molecular weight is 200 g/mol. The van der Waals surface area contributed by atoms with Crippen molar-refractivity contribution in [2.75, 3.05) is 0 Å². The fourth-order valence-electron chi connectivity index (χ4n) is 3.90. The quantitative estimate of drug-likeness (QED) is 0.596. The van der Waals surface area contributed by atoms with Gasteiger partial charge in [-0.3, -0.25) is 0 Å². The number of hydrogen-bond donors (Lipinski definition) is 0. The molecule has 0 nitrogen and oxygen atoms in total. The predicted octanol–water partition coefficient (Wildman–Crippen LogP) is 3.85. The van der Waals surface area contributed by atoms with Crippen LogP contribution in [-0.4, -0.2) is 0 Å². The molecular formula is C15H20. The molecule has 1 aromatic rings. The number of fused-ring (bicyclic) bond motifs is 2. The van der Waals surface area contributed by atoms with Crippen LogP contribution in [0.5, 0.6) is 0 Å². The molecule has 1 aromatic carbocycles. The van der Waals surface area contributed by atoms with Crippen LogP contribution in [0, 0.1) is 18.8 Å². The minimum Gasteiger partial charge on any atom is -0.0614 e. The maximum Gasteiger partial charge on any atom is 0.00127 e. The second-order valence-electron chi connectivity index (χ2n) is 5.63. The van der Waals surface area contributed by atoms with Crippen molar-refractivity contribution in [3.8, 4) is 0 Å². The van der Waals surface area contributed by atoms with E-state index in [0.29, 0.717) is 5.41 Å². The minimum absolute atomic E-state index is 0.571. The first-order valence-electron chi connectivity index (χ1n) is 6.26. The summed E-state index contributed by atoms with van der Waals surface area (Å²) >= 11 is 0. The molecule has 1 spiro atoms. The number of hydrogen-bond acceptors (Lipinski definition) is 0. The van der Waals surface area contributed by atoms with Crippen LogP contribution in [0.2, 0.25) is 0 Å². The van der Waals surface area contributed by atoms with Crippen molar-refractivity contribution in [3.05, 3.63) is 34.9 Å². The highest BCUT2D eigenvalue weighted by atomic mass is 14.6. The lowest BCUT2D eigenvalue weighted by Crippen LogP contribution is -2.19. The average Bonchev–Trinajstić information content (AvgIpc) is 2.72. The highest BCUT2D eigenvalue weighted by molar-refractivity contribution is 5.45. The first-order chi connectivity index (χ1) is 7.16. The molecule has 0 saturated heterocycles. The molecule has 0 amide bonds. The van der Waals surface area contributed by atoms with Crippen molar-refractivity contribution >= 4 is 0 Å². The lowest BCUT2D eigenvalue weighted by atomic mass is 9.77. The summed E-state index contributed by atoms with van der Waals surface area (Å²) in [6, 6.07) is 7.11. The van der Waals surface area contributed by atoms with Crippen LogP contribution in [0.1, 0.15) is 43.4 Å². The largest absolute Gasteiger partial charge is 0.0614 e. The molecule has 0 aliphatic heterocycles. The van der Waals surface area contributed by atoms with Crippen LogP contribution < -0.4 is 0 Å². The van der Waals surface area contributed by atoms with E-state index >= 15 is 0 Å². The second kappa shape index (κ2) is 2.87. The molecule has 0 aromatic heterocycles. The van der Waals surface area contributed by atoms with E-state index in [4.69, 9.17) is 0 Å².